The van der Waals surface area contributed by atoms with Gasteiger partial charge in [-0.25, -0.2) is 0 Å². The molecule has 7 heteroatoms. The Morgan fingerprint density at radius 3 is 2.50 bits per heavy atom. The standard InChI is InChI=1S/C19H17ClN2O3S/c1-25-11-10-21-18(23)12-6-8-13(9-7-12)22-19(24)17-16(20)14-4-2-3-5-15(14)26-17/h2-9H,10-11H2,1H3,(H,21,23)(H,22,24). The maximum atomic E-state index is 12.5. The highest BCUT2D eigenvalue weighted by molar-refractivity contribution is 7.21. The van der Waals surface area contributed by atoms with Gasteiger partial charge in [0.2, 0.25) is 0 Å². The third kappa shape index (κ3) is 4.04. The Balaban J connectivity index is 1.69. The molecule has 0 aliphatic heterocycles. The fraction of sp³-hybridized carbons (Fsp3) is 0.158. The Morgan fingerprint density at radius 2 is 1.81 bits per heavy atom. The van der Waals surface area contributed by atoms with E-state index in [-0.39, 0.29) is 11.8 Å². The average Bonchev–Trinajstić information content (AvgIpc) is 3.00. The van der Waals surface area contributed by atoms with Crippen LogP contribution in [0.2, 0.25) is 5.02 Å². The van der Waals surface area contributed by atoms with Crippen LogP contribution >= 0.6 is 22.9 Å². The zero-order valence-corrected chi connectivity index (χ0v) is 15.6. The maximum absolute atomic E-state index is 12.5. The Morgan fingerprint density at radius 1 is 1.08 bits per heavy atom. The predicted octanol–water partition coefficient (Wildman–Crippen LogP) is 4.18. The lowest BCUT2D eigenvalue weighted by molar-refractivity contribution is 0.0936. The van der Waals surface area contributed by atoms with Crippen LogP contribution in [-0.4, -0.2) is 32.1 Å². The highest BCUT2D eigenvalue weighted by atomic mass is 35.5. The van der Waals surface area contributed by atoms with Gasteiger partial charge in [-0.3, -0.25) is 9.59 Å². The number of rotatable bonds is 6. The number of amides is 2. The van der Waals surface area contributed by atoms with Crippen molar-refractivity contribution in [3.63, 3.8) is 0 Å². The monoisotopic (exact) mass is 388 g/mol. The van der Waals surface area contributed by atoms with Crippen molar-refractivity contribution in [2.45, 2.75) is 0 Å². The number of hydrogen-bond acceptors (Lipinski definition) is 4. The Kier molecular flexibility index (Phi) is 5.88. The largest absolute Gasteiger partial charge is 0.383 e. The Labute approximate surface area is 159 Å². The number of methoxy groups -OCH3 is 1. The number of ether oxygens (including phenoxy) is 1. The molecule has 0 fully saturated rings. The average molecular weight is 389 g/mol. The summed E-state index contributed by atoms with van der Waals surface area (Å²) in [4.78, 5) is 24.9. The SMILES string of the molecule is COCCNC(=O)c1ccc(NC(=O)c2sc3ccccc3c2Cl)cc1. The van der Waals surface area contributed by atoms with Crippen LogP contribution in [0, 0.1) is 0 Å². The van der Waals surface area contributed by atoms with Crippen molar-refractivity contribution < 1.29 is 14.3 Å². The summed E-state index contributed by atoms with van der Waals surface area (Å²) in [5.41, 5.74) is 1.11. The molecule has 0 aliphatic carbocycles. The number of fused-ring (bicyclic) bond motifs is 1. The molecule has 1 heterocycles. The van der Waals surface area contributed by atoms with Gasteiger partial charge in [-0.2, -0.15) is 0 Å². The molecule has 5 nitrogen and oxygen atoms in total. The van der Waals surface area contributed by atoms with Gasteiger partial charge in [-0.15, -0.1) is 11.3 Å². The van der Waals surface area contributed by atoms with E-state index in [0.29, 0.717) is 34.3 Å². The van der Waals surface area contributed by atoms with Crippen LogP contribution in [0.5, 0.6) is 0 Å². The Hall–Kier alpha value is -2.41. The van der Waals surface area contributed by atoms with E-state index < -0.39 is 0 Å². The second kappa shape index (κ2) is 8.31. The van der Waals surface area contributed by atoms with Crippen LogP contribution in [0.15, 0.2) is 48.5 Å². The minimum absolute atomic E-state index is 0.188. The molecule has 0 unspecified atom stereocenters. The van der Waals surface area contributed by atoms with Crippen molar-refractivity contribution in [3.8, 4) is 0 Å². The summed E-state index contributed by atoms with van der Waals surface area (Å²) in [6.45, 7) is 0.897. The number of hydrogen-bond donors (Lipinski definition) is 2. The van der Waals surface area contributed by atoms with Crippen molar-refractivity contribution >= 4 is 50.5 Å². The molecule has 3 aromatic rings. The van der Waals surface area contributed by atoms with Crippen molar-refractivity contribution in [3.05, 3.63) is 64.0 Å². The lowest BCUT2D eigenvalue weighted by Gasteiger charge is -2.07. The molecule has 0 radical (unpaired) electrons. The third-order valence-corrected chi connectivity index (χ3v) is 5.41. The maximum Gasteiger partial charge on any atom is 0.267 e. The van der Waals surface area contributed by atoms with Crippen LogP contribution in [-0.2, 0) is 4.74 Å². The molecule has 2 N–H and O–H groups in total. The van der Waals surface area contributed by atoms with Gasteiger partial charge in [-0.05, 0) is 30.3 Å². The highest BCUT2D eigenvalue weighted by Gasteiger charge is 2.17. The molecule has 0 atom stereocenters. The van der Waals surface area contributed by atoms with Gasteiger partial charge in [-0.1, -0.05) is 29.8 Å². The summed E-state index contributed by atoms with van der Waals surface area (Å²) in [7, 11) is 1.58. The van der Waals surface area contributed by atoms with E-state index in [2.05, 4.69) is 10.6 Å². The molecule has 2 amide bonds. The molecule has 0 saturated heterocycles. The predicted molar refractivity (Wildman–Crippen MR) is 105 cm³/mol. The molecular weight excluding hydrogens is 372 g/mol. The molecule has 26 heavy (non-hydrogen) atoms. The van der Waals surface area contributed by atoms with Gasteiger partial charge >= 0.3 is 0 Å². The summed E-state index contributed by atoms with van der Waals surface area (Å²) in [6, 6.07) is 14.3. The van der Waals surface area contributed by atoms with Gasteiger partial charge in [0, 0.05) is 35.0 Å². The molecule has 134 valence electrons. The summed E-state index contributed by atoms with van der Waals surface area (Å²) in [6.07, 6.45) is 0. The van der Waals surface area contributed by atoms with Crippen LogP contribution in [0.4, 0.5) is 5.69 Å². The third-order valence-electron chi connectivity index (χ3n) is 3.74. The molecule has 0 spiro atoms. The topological polar surface area (TPSA) is 67.4 Å². The van der Waals surface area contributed by atoms with Crippen LogP contribution in [0.25, 0.3) is 10.1 Å². The van der Waals surface area contributed by atoms with Crippen LogP contribution in [0.3, 0.4) is 0 Å². The van der Waals surface area contributed by atoms with Gasteiger partial charge in [0.25, 0.3) is 11.8 Å². The number of nitrogens with one attached hydrogen (secondary N) is 2. The van der Waals surface area contributed by atoms with E-state index in [0.717, 1.165) is 10.1 Å². The van der Waals surface area contributed by atoms with Gasteiger partial charge in [0.1, 0.15) is 4.88 Å². The second-order valence-electron chi connectivity index (χ2n) is 5.52. The minimum Gasteiger partial charge on any atom is -0.383 e. The summed E-state index contributed by atoms with van der Waals surface area (Å²) >= 11 is 7.68. The van der Waals surface area contributed by atoms with Crippen molar-refractivity contribution in [1.29, 1.82) is 0 Å². The number of thiophene rings is 1. The van der Waals surface area contributed by atoms with E-state index in [4.69, 9.17) is 16.3 Å². The van der Waals surface area contributed by atoms with Crippen LogP contribution in [0.1, 0.15) is 20.0 Å². The number of benzene rings is 2. The summed E-state index contributed by atoms with van der Waals surface area (Å²) in [5.74, 6) is -0.457. The Bertz CT molecular complexity index is 938. The van der Waals surface area contributed by atoms with Gasteiger partial charge in [0.05, 0.1) is 11.6 Å². The lowest BCUT2D eigenvalue weighted by atomic mass is 10.2. The first-order valence-electron chi connectivity index (χ1n) is 7.95. The number of carbonyl (C=O) groups excluding carboxylic acids is 2. The zero-order chi connectivity index (χ0) is 18.5. The van der Waals surface area contributed by atoms with E-state index in [1.54, 1.807) is 31.4 Å². The van der Waals surface area contributed by atoms with Crippen molar-refractivity contribution in [2.75, 3.05) is 25.6 Å². The first kappa shape index (κ1) is 18.4. The van der Waals surface area contributed by atoms with E-state index in [9.17, 15) is 9.59 Å². The van der Waals surface area contributed by atoms with Crippen molar-refractivity contribution in [2.24, 2.45) is 0 Å². The molecular formula is C19H17ClN2O3S. The first-order chi connectivity index (χ1) is 12.6. The molecule has 3 rings (SSSR count). The molecule has 0 aliphatic rings. The molecule has 2 aromatic carbocycles. The fourth-order valence-corrected chi connectivity index (χ4v) is 3.83. The molecule has 1 aromatic heterocycles. The van der Waals surface area contributed by atoms with E-state index in [1.165, 1.54) is 11.3 Å². The zero-order valence-electron chi connectivity index (χ0n) is 14.0. The fourth-order valence-electron chi connectivity index (χ4n) is 2.42. The van der Waals surface area contributed by atoms with Gasteiger partial charge in [0.15, 0.2) is 0 Å². The van der Waals surface area contributed by atoms with Crippen molar-refractivity contribution in [1.82, 2.24) is 5.32 Å². The highest BCUT2D eigenvalue weighted by Crippen LogP contribution is 2.35. The molecule has 0 saturated carbocycles. The molecule has 0 bridgehead atoms. The lowest BCUT2D eigenvalue weighted by Crippen LogP contribution is -2.26. The first-order valence-corrected chi connectivity index (χ1v) is 9.15. The summed E-state index contributed by atoms with van der Waals surface area (Å²) < 4.78 is 5.86. The quantitative estimate of drug-likeness (QED) is 0.622. The number of halogens is 1. The second-order valence-corrected chi connectivity index (χ2v) is 6.95. The smallest absolute Gasteiger partial charge is 0.267 e. The number of anilines is 1. The van der Waals surface area contributed by atoms with Gasteiger partial charge < -0.3 is 15.4 Å². The number of carbonyl (C=O) groups is 2. The normalized spacial score (nSPS) is 10.7. The summed E-state index contributed by atoms with van der Waals surface area (Å²) in [5, 5.41) is 6.88. The minimum atomic E-state index is -0.270. The van der Waals surface area contributed by atoms with Crippen LogP contribution < -0.4 is 10.6 Å². The van der Waals surface area contributed by atoms with E-state index >= 15 is 0 Å². The van der Waals surface area contributed by atoms with E-state index in [1.807, 2.05) is 24.3 Å².